The van der Waals surface area contributed by atoms with Crippen LogP contribution in [0.15, 0.2) is 77.2 Å². The van der Waals surface area contributed by atoms with Gasteiger partial charge in [0.15, 0.2) is 11.5 Å². The Morgan fingerprint density at radius 1 is 1.06 bits per heavy atom. The molecule has 3 heterocycles. The zero-order valence-corrected chi connectivity index (χ0v) is 17.0. The van der Waals surface area contributed by atoms with Crippen molar-refractivity contribution in [3.8, 4) is 16.9 Å². The number of aromatic nitrogens is 2. The summed E-state index contributed by atoms with van der Waals surface area (Å²) in [6.45, 7) is 0.664. The van der Waals surface area contributed by atoms with Crippen molar-refractivity contribution in [1.82, 2.24) is 14.9 Å². The monoisotopic (exact) mass is 414 g/mol. The van der Waals surface area contributed by atoms with E-state index in [0.29, 0.717) is 24.9 Å². The summed E-state index contributed by atoms with van der Waals surface area (Å²) in [4.78, 5) is 19.7. The smallest absolute Gasteiger partial charge is 0.198 e. The number of rotatable bonds is 4. The summed E-state index contributed by atoms with van der Waals surface area (Å²) >= 11 is 0. The highest BCUT2D eigenvalue weighted by molar-refractivity contribution is 6.12. The first-order chi connectivity index (χ1) is 15.1. The van der Waals surface area contributed by atoms with Crippen LogP contribution in [0.5, 0.6) is 5.75 Å². The molecule has 0 bridgehead atoms. The summed E-state index contributed by atoms with van der Waals surface area (Å²) in [5.41, 5.74) is 9.12. The van der Waals surface area contributed by atoms with Gasteiger partial charge in [-0.15, -0.1) is 0 Å². The van der Waals surface area contributed by atoms with E-state index in [9.17, 15) is 5.11 Å². The summed E-state index contributed by atoms with van der Waals surface area (Å²) in [5.74, 6) is 1.80. The lowest BCUT2D eigenvalue weighted by molar-refractivity contribution is 0.158. The average Bonchev–Trinajstić information content (AvgIpc) is 3.12. The van der Waals surface area contributed by atoms with Crippen LogP contribution in [0.3, 0.4) is 0 Å². The lowest BCUT2D eigenvalue weighted by Crippen LogP contribution is -2.50. The number of ether oxygens (including phenoxy) is 1. The van der Waals surface area contributed by atoms with Crippen LogP contribution in [0.1, 0.15) is 11.1 Å². The second kappa shape index (κ2) is 7.48. The molecule has 31 heavy (non-hydrogen) atoms. The third-order valence-electron chi connectivity index (χ3n) is 5.67. The Kier molecular flexibility index (Phi) is 4.63. The third-order valence-corrected chi connectivity index (χ3v) is 5.67. The number of hydrogen-bond acceptors (Lipinski definition) is 8. The molecular weight excluding hydrogens is 392 g/mol. The average molecular weight is 414 g/mol. The fourth-order valence-corrected chi connectivity index (χ4v) is 4.18. The normalized spacial score (nSPS) is 22.5. The first-order valence-electron chi connectivity index (χ1n) is 9.98. The Morgan fingerprint density at radius 3 is 2.58 bits per heavy atom. The highest BCUT2D eigenvalue weighted by atomic mass is 16.5. The summed E-state index contributed by atoms with van der Waals surface area (Å²) in [7, 11) is 1.64. The number of hydrogen-bond donors (Lipinski definition) is 2. The van der Waals surface area contributed by atoms with Crippen molar-refractivity contribution in [3.05, 3.63) is 78.4 Å². The van der Waals surface area contributed by atoms with Gasteiger partial charge in [0, 0.05) is 18.0 Å². The first-order valence-corrected chi connectivity index (χ1v) is 9.98. The van der Waals surface area contributed by atoms with Crippen LogP contribution in [0.4, 0.5) is 0 Å². The lowest BCUT2D eigenvalue weighted by Gasteiger charge is -2.34. The number of aliphatic hydroxyl groups excluding tert-OH is 1. The number of aliphatic imine (C=N–C) groups is 2. The molecule has 0 fully saturated rings. The maximum absolute atomic E-state index is 10.2. The summed E-state index contributed by atoms with van der Waals surface area (Å²) in [6.07, 6.45) is 4.48. The minimum atomic E-state index is -0.928. The molecule has 1 aromatic heterocycles. The van der Waals surface area contributed by atoms with Crippen molar-refractivity contribution < 1.29 is 9.84 Å². The molecule has 0 spiro atoms. The fourth-order valence-electron chi connectivity index (χ4n) is 4.18. The predicted molar refractivity (Wildman–Crippen MR) is 118 cm³/mol. The van der Waals surface area contributed by atoms with E-state index >= 15 is 0 Å². The number of fused-ring (bicyclic) bond motifs is 1. The van der Waals surface area contributed by atoms with E-state index in [4.69, 9.17) is 20.5 Å². The van der Waals surface area contributed by atoms with Crippen molar-refractivity contribution in [2.45, 2.75) is 11.6 Å². The minimum absolute atomic E-state index is 0.304. The Bertz CT molecular complexity index is 1160. The van der Waals surface area contributed by atoms with Gasteiger partial charge in [0.1, 0.15) is 17.9 Å². The molecular formula is C23H22N6O2. The van der Waals surface area contributed by atoms with E-state index in [-0.39, 0.29) is 0 Å². The molecule has 2 unspecified atom stereocenters. The van der Waals surface area contributed by atoms with Crippen LogP contribution < -0.4 is 10.5 Å². The van der Waals surface area contributed by atoms with Crippen LogP contribution in [-0.4, -0.2) is 58.1 Å². The third kappa shape index (κ3) is 3.12. The topological polar surface area (TPSA) is 109 Å². The quantitative estimate of drug-likeness (QED) is 0.674. The van der Waals surface area contributed by atoms with E-state index in [0.717, 1.165) is 28.0 Å². The van der Waals surface area contributed by atoms with Gasteiger partial charge in [-0.05, 0) is 34.9 Å². The van der Waals surface area contributed by atoms with Gasteiger partial charge in [0.2, 0.25) is 0 Å². The van der Waals surface area contributed by atoms with Crippen molar-refractivity contribution >= 4 is 11.8 Å². The van der Waals surface area contributed by atoms with Gasteiger partial charge in [0.05, 0.1) is 26.3 Å². The summed E-state index contributed by atoms with van der Waals surface area (Å²) in [6, 6.07) is 15.8. The molecule has 0 saturated carbocycles. The zero-order chi connectivity index (χ0) is 21.4. The Morgan fingerprint density at radius 2 is 1.84 bits per heavy atom. The molecule has 0 aliphatic carbocycles. The molecule has 5 rings (SSSR count). The molecule has 0 radical (unpaired) electrons. The van der Waals surface area contributed by atoms with Gasteiger partial charge in [-0.3, -0.25) is 9.89 Å². The van der Waals surface area contributed by atoms with E-state index in [2.05, 4.69) is 16.0 Å². The summed E-state index contributed by atoms with van der Waals surface area (Å²) in [5, 5.41) is 10.2. The van der Waals surface area contributed by atoms with Gasteiger partial charge >= 0.3 is 0 Å². The van der Waals surface area contributed by atoms with Crippen LogP contribution in [0, 0.1) is 0 Å². The molecule has 3 aromatic rings. The molecule has 2 atom stereocenters. The zero-order valence-electron chi connectivity index (χ0n) is 17.0. The number of benzene rings is 2. The highest BCUT2D eigenvalue weighted by Crippen LogP contribution is 2.42. The van der Waals surface area contributed by atoms with E-state index < -0.39 is 11.6 Å². The minimum Gasteiger partial charge on any atom is -0.497 e. The number of amidine groups is 1. The largest absolute Gasteiger partial charge is 0.497 e. The van der Waals surface area contributed by atoms with Crippen LogP contribution in [0.25, 0.3) is 11.1 Å². The van der Waals surface area contributed by atoms with Crippen LogP contribution in [0.2, 0.25) is 0 Å². The predicted octanol–water partition coefficient (Wildman–Crippen LogP) is 1.80. The second-order valence-corrected chi connectivity index (χ2v) is 7.55. The van der Waals surface area contributed by atoms with Gasteiger partial charge in [-0.25, -0.2) is 15.0 Å². The fraction of sp³-hybridized carbons (Fsp3) is 0.217. The molecule has 3 N–H and O–H groups in total. The van der Waals surface area contributed by atoms with Crippen molar-refractivity contribution in [2.75, 3.05) is 20.2 Å². The van der Waals surface area contributed by atoms with Crippen LogP contribution in [-0.2, 0) is 5.54 Å². The highest BCUT2D eigenvalue weighted by Gasteiger charge is 2.50. The SMILES string of the molecule is COc1ccc(C2(c3cccc(-c4cncnc4)c3)N=C(N)N3CC(O)CN=C32)cc1. The Balaban J connectivity index is 1.73. The number of methoxy groups -OCH3 is 1. The van der Waals surface area contributed by atoms with Crippen molar-refractivity contribution in [2.24, 2.45) is 15.7 Å². The van der Waals surface area contributed by atoms with Gasteiger partial charge in [-0.1, -0.05) is 30.3 Å². The first kappa shape index (κ1) is 19.2. The Hall–Kier alpha value is -3.78. The number of nitrogens with zero attached hydrogens (tertiary/aromatic N) is 5. The van der Waals surface area contributed by atoms with Crippen molar-refractivity contribution in [3.63, 3.8) is 0 Å². The van der Waals surface area contributed by atoms with E-state index in [1.54, 1.807) is 24.4 Å². The Labute approximate surface area is 179 Å². The van der Waals surface area contributed by atoms with E-state index in [1.807, 2.05) is 42.5 Å². The van der Waals surface area contributed by atoms with Gasteiger partial charge < -0.3 is 15.6 Å². The van der Waals surface area contributed by atoms with Crippen LogP contribution >= 0.6 is 0 Å². The standard InChI is InChI=1S/C23H22N6O2/c1-31-20-7-5-17(6-8-20)23(21-27-12-19(30)13-29(21)22(24)28-23)18-4-2-3-15(9-18)16-10-25-14-26-11-16/h2-11,14,19,30H,12-13H2,1H3,(H2,24,28). The molecule has 2 aliphatic rings. The van der Waals surface area contributed by atoms with Gasteiger partial charge in [-0.2, -0.15) is 0 Å². The van der Waals surface area contributed by atoms with Gasteiger partial charge in [0.25, 0.3) is 0 Å². The van der Waals surface area contributed by atoms with Crippen molar-refractivity contribution in [1.29, 1.82) is 0 Å². The molecule has 2 aliphatic heterocycles. The number of nitrogens with two attached hydrogens (primary N) is 1. The maximum atomic E-state index is 10.2. The number of guanidine groups is 1. The van der Waals surface area contributed by atoms with E-state index in [1.165, 1.54) is 6.33 Å². The molecule has 156 valence electrons. The molecule has 0 saturated heterocycles. The lowest BCUT2D eigenvalue weighted by atomic mass is 9.81. The second-order valence-electron chi connectivity index (χ2n) is 7.55. The molecule has 8 nitrogen and oxygen atoms in total. The summed E-state index contributed by atoms with van der Waals surface area (Å²) < 4.78 is 5.34. The molecule has 2 aromatic carbocycles. The maximum Gasteiger partial charge on any atom is 0.198 e. The molecule has 0 amide bonds. The number of aliphatic hydroxyl groups is 1. The molecule has 8 heteroatoms.